The number of nitrogens with one attached hydrogen (secondary N) is 1. The smallest absolute Gasteiger partial charge is 0.253 e. The monoisotopic (exact) mass is 280 g/mol. The lowest BCUT2D eigenvalue weighted by molar-refractivity contribution is 0.132. The van der Waals surface area contributed by atoms with Crippen LogP contribution in [0.3, 0.4) is 0 Å². The number of nitrogens with zero attached hydrogens (tertiary/aromatic N) is 1. The number of ether oxygens (including phenoxy) is 1. The average molecular weight is 280 g/mol. The Bertz CT molecular complexity index is 400. The molecule has 3 nitrogen and oxygen atoms in total. The number of anilines is 1. The summed E-state index contributed by atoms with van der Waals surface area (Å²) in [6.45, 7) is 4.80. The van der Waals surface area contributed by atoms with Gasteiger partial charge in [-0.05, 0) is 12.3 Å². The maximum Gasteiger partial charge on any atom is 0.253 e. The van der Waals surface area contributed by atoms with E-state index in [1.165, 1.54) is 0 Å². The van der Waals surface area contributed by atoms with E-state index in [0.29, 0.717) is 12.5 Å². The summed E-state index contributed by atoms with van der Waals surface area (Å²) in [6.07, 6.45) is 0.862. The first-order valence-electron chi connectivity index (χ1n) is 5.95. The van der Waals surface area contributed by atoms with Crippen LogP contribution >= 0.6 is 0 Å². The predicted octanol–water partition coefficient (Wildman–Crippen LogP) is 3.11. The molecule has 0 aromatic carbocycles. The quantitative estimate of drug-likeness (QED) is 0.473. The molecule has 0 unspecified atom stereocenters. The molecule has 0 aliphatic heterocycles. The minimum Gasteiger partial charge on any atom is -0.380 e. The SMILES string of the molecule is CC(C)CCOCCNc1c(F)c(F)nc(F)c1F. The molecule has 0 aliphatic rings. The van der Waals surface area contributed by atoms with Crippen LogP contribution in [-0.4, -0.2) is 24.7 Å². The number of pyridine rings is 1. The van der Waals surface area contributed by atoms with Gasteiger partial charge in [-0.1, -0.05) is 13.8 Å². The van der Waals surface area contributed by atoms with Crippen molar-refractivity contribution in [1.29, 1.82) is 0 Å². The summed E-state index contributed by atoms with van der Waals surface area (Å²) in [4.78, 5) is 2.46. The van der Waals surface area contributed by atoms with Crippen LogP contribution in [-0.2, 0) is 4.74 Å². The molecule has 1 aromatic rings. The molecule has 1 heterocycles. The maximum absolute atomic E-state index is 13.2. The molecule has 1 N–H and O–H groups in total. The number of hydrogen-bond donors (Lipinski definition) is 1. The summed E-state index contributed by atoms with van der Waals surface area (Å²) in [7, 11) is 0. The van der Waals surface area contributed by atoms with Crippen molar-refractivity contribution in [2.24, 2.45) is 5.92 Å². The van der Waals surface area contributed by atoms with Gasteiger partial charge in [-0.3, -0.25) is 0 Å². The fraction of sp³-hybridized carbons (Fsp3) is 0.583. The summed E-state index contributed by atoms with van der Waals surface area (Å²) in [6, 6.07) is 0. The molecule has 0 fully saturated rings. The summed E-state index contributed by atoms with van der Waals surface area (Å²) in [5, 5.41) is 2.26. The zero-order valence-electron chi connectivity index (χ0n) is 10.8. The Kier molecular flexibility index (Phi) is 6.01. The van der Waals surface area contributed by atoms with Crippen LogP contribution in [0.5, 0.6) is 0 Å². The van der Waals surface area contributed by atoms with Crippen molar-refractivity contribution < 1.29 is 22.3 Å². The molecule has 1 rings (SSSR count). The van der Waals surface area contributed by atoms with Crippen molar-refractivity contribution in [2.75, 3.05) is 25.1 Å². The van der Waals surface area contributed by atoms with Gasteiger partial charge in [-0.15, -0.1) is 0 Å². The van der Waals surface area contributed by atoms with Gasteiger partial charge >= 0.3 is 0 Å². The second-order valence-electron chi connectivity index (χ2n) is 4.42. The zero-order chi connectivity index (χ0) is 14.4. The van der Waals surface area contributed by atoms with Gasteiger partial charge < -0.3 is 10.1 Å². The van der Waals surface area contributed by atoms with Crippen molar-refractivity contribution in [3.8, 4) is 0 Å². The molecule has 0 atom stereocenters. The summed E-state index contributed by atoms with van der Waals surface area (Å²) in [5.74, 6) is -5.95. The lowest BCUT2D eigenvalue weighted by atomic mass is 10.1. The largest absolute Gasteiger partial charge is 0.380 e. The van der Waals surface area contributed by atoms with Crippen LogP contribution in [0.1, 0.15) is 20.3 Å². The van der Waals surface area contributed by atoms with Gasteiger partial charge in [-0.2, -0.15) is 22.5 Å². The molecule has 0 aliphatic carbocycles. The normalized spacial score (nSPS) is 11.1. The fourth-order valence-corrected chi connectivity index (χ4v) is 1.31. The van der Waals surface area contributed by atoms with E-state index >= 15 is 0 Å². The van der Waals surface area contributed by atoms with E-state index in [2.05, 4.69) is 10.3 Å². The molecule has 1 aromatic heterocycles. The molecule has 0 spiro atoms. The number of aromatic nitrogens is 1. The third-order valence-electron chi connectivity index (χ3n) is 2.39. The van der Waals surface area contributed by atoms with E-state index in [1.54, 1.807) is 0 Å². The minimum absolute atomic E-state index is 0.0365. The average Bonchev–Trinajstić information content (AvgIpc) is 2.34. The van der Waals surface area contributed by atoms with Crippen molar-refractivity contribution >= 4 is 5.69 Å². The van der Waals surface area contributed by atoms with Crippen LogP contribution < -0.4 is 5.32 Å². The molecule has 0 amide bonds. The van der Waals surface area contributed by atoms with Crippen molar-refractivity contribution in [3.63, 3.8) is 0 Å². The highest BCUT2D eigenvalue weighted by Crippen LogP contribution is 2.21. The van der Waals surface area contributed by atoms with Gasteiger partial charge in [0.15, 0.2) is 0 Å². The first-order valence-corrected chi connectivity index (χ1v) is 5.95. The number of halogens is 4. The molecule has 0 bridgehead atoms. The Hall–Kier alpha value is -1.37. The first kappa shape index (κ1) is 15.7. The molecule has 108 valence electrons. The van der Waals surface area contributed by atoms with Gasteiger partial charge in [0.1, 0.15) is 5.69 Å². The van der Waals surface area contributed by atoms with Crippen LogP contribution in [0, 0.1) is 29.4 Å². The second kappa shape index (κ2) is 7.28. The first-order chi connectivity index (χ1) is 8.93. The van der Waals surface area contributed by atoms with Crippen LogP contribution in [0.2, 0.25) is 0 Å². The summed E-state index contributed by atoms with van der Waals surface area (Å²) in [5.41, 5.74) is -0.863. The van der Waals surface area contributed by atoms with E-state index in [4.69, 9.17) is 4.74 Å². The van der Waals surface area contributed by atoms with Crippen LogP contribution in [0.15, 0.2) is 0 Å². The highest BCUT2D eigenvalue weighted by atomic mass is 19.2. The Morgan fingerprint density at radius 1 is 1.05 bits per heavy atom. The summed E-state index contributed by atoms with van der Waals surface area (Å²) >= 11 is 0. The molecule has 0 radical (unpaired) electrons. The van der Waals surface area contributed by atoms with Crippen LogP contribution in [0.4, 0.5) is 23.2 Å². The van der Waals surface area contributed by atoms with E-state index in [9.17, 15) is 17.6 Å². The molecular weight excluding hydrogens is 264 g/mol. The summed E-state index contributed by atoms with van der Waals surface area (Å²) < 4.78 is 57.1. The molecule has 0 saturated carbocycles. The Morgan fingerprint density at radius 2 is 1.63 bits per heavy atom. The molecular formula is C12H16F4N2O. The van der Waals surface area contributed by atoms with E-state index in [1.807, 2.05) is 13.8 Å². The van der Waals surface area contributed by atoms with Gasteiger partial charge in [0.05, 0.1) is 6.61 Å². The highest BCUT2D eigenvalue weighted by molar-refractivity contribution is 5.45. The highest BCUT2D eigenvalue weighted by Gasteiger charge is 2.20. The lowest BCUT2D eigenvalue weighted by Crippen LogP contribution is -2.15. The molecule has 7 heteroatoms. The van der Waals surface area contributed by atoms with Crippen LogP contribution in [0.25, 0.3) is 0 Å². The fourth-order valence-electron chi connectivity index (χ4n) is 1.31. The Morgan fingerprint density at radius 3 is 2.16 bits per heavy atom. The minimum atomic E-state index is -1.68. The number of hydrogen-bond acceptors (Lipinski definition) is 3. The van der Waals surface area contributed by atoms with E-state index in [0.717, 1.165) is 6.42 Å². The van der Waals surface area contributed by atoms with E-state index < -0.39 is 29.2 Å². The van der Waals surface area contributed by atoms with Gasteiger partial charge in [0, 0.05) is 13.2 Å². The molecule has 19 heavy (non-hydrogen) atoms. The van der Waals surface area contributed by atoms with E-state index in [-0.39, 0.29) is 13.2 Å². The van der Waals surface area contributed by atoms with Gasteiger partial charge in [-0.25, -0.2) is 0 Å². The van der Waals surface area contributed by atoms with Crippen molar-refractivity contribution in [1.82, 2.24) is 4.98 Å². The maximum atomic E-state index is 13.2. The Labute approximate surface area is 109 Å². The van der Waals surface area contributed by atoms with Crippen molar-refractivity contribution in [2.45, 2.75) is 20.3 Å². The third-order valence-corrected chi connectivity index (χ3v) is 2.39. The lowest BCUT2D eigenvalue weighted by Gasteiger charge is -2.10. The standard InChI is InChI=1S/C12H16F4N2O/c1-7(2)3-5-19-6-4-17-10-8(13)11(15)18-12(16)9(10)14/h7H,3-6H2,1-2H3,(H,17,18). The Balaban J connectivity index is 2.45. The van der Waals surface area contributed by atoms with Gasteiger partial charge in [0.2, 0.25) is 11.6 Å². The van der Waals surface area contributed by atoms with Crippen molar-refractivity contribution in [3.05, 3.63) is 23.5 Å². The predicted molar refractivity (Wildman–Crippen MR) is 62.8 cm³/mol. The number of rotatable bonds is 7. The third kappa shape index (κ3) is 4.66. The molecule has 0 saturated heterocycles. The second-order valence-corrected chi connectivity index (χ2v) is 4.42. The zero-order valence-corrected chi connectivity index (χ0v) is 10.8. The topological polar surface area (TPSA) is 34.1 Å². The van der Waals surface area contributed by atoms with Gasteiger partial charge in [0.25, 0.3) is 11.9 Å².